The highest BCUT2D eigenvalue weighted by Gasteiger charge is 2.55. The molecule has 32 heavy (non-hydrogen) atoms. The second-order valence-corrected chi connectivity index (χ2v) is 11.3. The molecule has 5 nitrogen and oxygen atoms in total. The van der Waals surface area contributed by atoms with Gasteiger partial charge in [0.25, 0.3) is 0 Å². The van der Waals surface area contributed by atoms with Crippen LogP contribution >= 0.6 is 0 Å². The van der Waals surface area contributed by atoms with Gasteiger partial charge in [-0.05, 0) is 77.4 Å². The molecule has 0 amide bonds. The summed E-state index contributed by atoms with van der Waals surface area (Å²) in [5.74, 6) is 0.713. The summed E-state index contributed by atoms with van der Waals surface area (Å²) in [4.78, 5) is 7.15. The number of aliphatic hydroxyl groups excluding tert-OH is 1. The minimum atomic E-state index is -0.573. The summed E-state index contributed by atoms with van der Waals surface area (Å²) in [5.41, 5.74) is 1.03. The van der Waals surface area contributed by atoms with Crippen LogP contribution < -0.4 is 0 Å². The lowest BCUT2D eigenvalue weighted by Gasteiger charge is -2.53. The van der Waals surface area contributed by atoms with Crippen LogP contribution in [-0.2, 0) is 5.54 Å². The molecule has 3 fully saturated rings. The van der Waals surface area contributed by atoms with Crippen LogP contribution in [0, 0.1) is 22.7 Å². The van der Waals surface area contributed by atoms with Gasteiger partial charge < -0.3 is 5.11 Å². The molecule has 1 unspecified atom stereocenters. The predicted molar refractivity (Wildman–Crippen MR) is 129 cm³/mol. The van der Waals surface area contributed by atoms with Crippen LogP contribution in [-0.4, -0.2) is 64.9 Å². The number of nitrogens with zero attached hydrogens (tertiary/aromatic N) is 4. The van der Waals surface area contributed by atoms with E-state index in [1.807, 2.05) is 13.8 Å². The van der Waals surface area contributed by atoms with Gasteiger partial charge in [0.15, 0.2) is 6.35 Å². The summed E-state index contributed by atoms with van der Waals surface area (Å²) in [6, 6.07) is 13.5. The van der Waals surface area contributed by atoms with Gasteiger partial charge in [0.2, 0.25) is 0 Å². The first-order valence-electron chi connectivity index (χ1n) is 12.6. The molecule has 176 valence electrons. The van der Waals surface area contributed by atoms with Crippen LogP contribution in [0.5, 0.6) is 0 Å². The summed E-state index contributed by atoms with van der Waals surface area (Å²) in [7, 11) is 2.27. The quantitative estimate of drug-likeness (QED) is 0.684. The van der Waals surface area contributed by atoms with Crippen molar-refractivity contribution in [1.82, 2.24) is 14.7 Å². The Morgan fingerprint density at radius 2 is 1.81 bits per heavy atom. The van der Waals surface area contributed by atoms with E-state index in [9.17, 15) is 10.4 Å². The maximum absolute atomic E-state index is 11.4. The molecule has 4 rings (SSSR count). The first-order valence-corrected chi connectivity index (χ1v) is 12.6. The molecule has 1 aliphatic heterocycles. The molecule has 1 saturated heterocycles. The van der Waals surface area contributed by atoms with Crippen LogP contribution in [0.1, 0.15) is 71.3 Å². The van der Waals surface area contributed by atoms with Crippen molar-refractivity contribution in [2.45, 2.75) is 83.1 Å². The van der Waals surface area contributed by atoms with E-state index < -0.39 is 11.8 Å². The topological polar surface area (TPSA) is 53.7 Å². The first-order chi connectivity index (χ1) is 15.3. The van der Waals surface area contributed by atoms with Crippen molar-refractivity contribution in [3.63, 3.8) is 0 Å². The second kappa shape index (κ2) is 9.06. The Hall–Kier alpha value is -1.45. The predicted octanol–water partition coefficient (Wildman–Crippen LogP) is 4.39. The van der Waals surface area contributed by atoms with E-state index in [2.05, 4.69) is 65.1 Å². The fraction of sp³-hybridized carbons (Fsp3) is 0.741. The summed E-state index contributed by atoms with van der Waals surface area (Å²) < 4.78 is 0. The Morgan fingerprint density at radius 1 is 1.16 bits per heavy atom. The highest BCUT2D eigenvalue weighted by Crippen LogP contribution is 2.50. The van der Waals surface area contributed by atoms with E-state index in [0.717, 1.165) is 45.3 Å². The minimum absolute atomic E-state index is 0.00735. The van der Waals surface area contributed by atoms with E-state index in [1.165, 1.54) is 24.8 Å². The van der Waals surface area contributed by atoms with Gasteiger partial charge in [-0.3, -0.25) is 14.7 Å². The molecule has 1 aromatic carbocycles. The second-order valence-electron chi connectivity index (χ2n) is 11.3. The SMILES string of the molecule is CCN(C)C1(c2ccccc2)CCC2(CC1)CN(CC(C)(C)C#N)C(O)N2CC1CCC1. The lowest BCUT2D eigenvalue weighted by atomic mass is 9.67. The third-order valence-electron chi connectivity index (χ3n) is 8.82. The zero-order valence-electron chi connectivity index (χ0n) is 20.6. The Bertz CT molecular complexity index is 805. The fourth-order valence-corrected chi connectivity index (χ4v) is 6.43. The molecule has 2 saturated carbocycles. The molecular formula is C27H42N4O. The van der Waals surface area contributed by atoms with Crippen molar-refractivity contribution in [3.05, 3.63) is 35.9 Å². The van der Waals surface area contributed by atoms with Gasteiger partial charge in [0.1, 0.15) is 0 Å². The fourth-order valence-electron chi connectivity index (χ4n) is 6.43. The van der Waals surface area contributed by atoms with E-state index in [1.54, 1.807) is 0 Å². The molecule has 1 aromatic rings. The molecule has 1 N–H and O–H groups in total. The van der Waals surface area contributed by atoms with Crippen molar-refractivity contribution in [2.24, 2.45) is 11.3 Å². The van der Waals surface area contributed by atoms with Crippen molar-refractivity contribution >= 4 is 0 Å². The van der Waals surface area contributed by atoms with E-state index in [0.29, 0.717) is 12.5 Å². The molecule has 2 aliphatic carbocycles. The Kier molecular flexibility index (Phi) is 6.71. The molecule has 0 bridgehead atoms. The van der Waals surface area contributed by atoms with Gasteiger partial charge in [-0.2, -0.15) is 5.26 Å². The zero-order valence-corrected chi connectivity index (χ0v) is 20.6. The van der Waals surface area contributed by atoms with E-state index in [4.69, 9.17) is 0 Å². The van der Waals surface area contributed by atoms with E-state index in [-0.39, 0.29) is 11.1 Å². The van der Waals surface area contributed by atoms with Crippen molar-refractivity contribution in [2.75, 3.05) is 33.2 Å². The first kappa shape index (κ1) is 23.7. The van der Waals surface area contributed by atoms with Crippen molar-refractivity contribution in [1.29, 1.82) is 5.26 Å². The number of hydrogen-bond donors (Lipinski definition) is 1. The molecule has 3 aliphatic rings. The average Bonchev–Trinajstić information content (AvgIpc) is 3.01. The number of benzene rings is 1. The van der Waals surface area contributed by atoms with Gasteiger partial charge >= 0.3 is 0 Å². The van der Waals surface area contributed by atoms with Gasteiger partial charge in [0.05, 0.1) is 11.5 Å². The maximum atomic E-state index is 11.4. The van der Waals surface area contributed by atoms with Crippen LogP contribution in [0.25, 0.3) is 0 Å². The summed E-state index contributed by atoms with van der Waals surface area (Å²) in [6.07, 6.45) is 7.70. The van der Waals surface area contributed by atoms with Gasteiger partial charge in [-0.15, -0.1) is 0 Å². The van der Waals surface area contributed by atoms with Crippen molar-refractivity contribution in [3.8, 4) is 6.07 Å². The lowest BCUT2D eigenvalue weighted by molar-refractivity contribution is -0.106. The van der Waals surface area contributed by atoms with Gasteiger partial charge in [-0.1, -0.05) is 43.7 Å². The molecule has 1 atom stereocenters. The number of aliphatic hydroxyl groups is 1. The average molecular weight is 439 g/mol. The van der Waals surface area contributed by atoms with Crippen LogP contribution in [0.3, 0.4) is 0 Å². The normalized spacial score (nSPS) is 32.3. The summed E-state index contributed by atoms with van der Waals surface area (Å²) in [5, 5.41) is 21.0. The van der Waals surface area contributed by atoms with E-state index >= 15 is 0 Å². The third-order valence-corrected chi connectivity index (χ3v) is 8.82. The van der Waals surface area contributed by atoms with Gasteiger partial charge in [-0.25, -0.2) is 0 Å². The third kappa shape index (κ3) is 4.23. The monoisotopic (exact) mass is 438 g/mol. The van der Waals surface area contributed by atoms with Crippen LogP contribution in [0.2, 0.25) is 0 Å². The molecule has 1 spiro atoms. The minimum Gasteiger partial charge on any atom is -0.365 e. The van der Waals surface area contributed by atoms with Crippen LogP contribution in [0.15, 0.2) is 30.3 Å². The zero-order chi connectivity index (χ0) is 23.0. The number of rotatable bonds is 7. The smallest absolute Gasteiger partial charge is 0.166 e. The largest absolute Gasteiger partial charge is 0.365 e. The summed E-state index contributed by atoms with van der Waals surface area (Å²) >= 11 is 0. The van der Waals surface area contributed by atoms with Crippen LogP contribution in [0.4, 0.5) is 0 Å². The highest BCUT2D eigenvalue weighted by molar-refractivity contribution is 5.27. The summed E-state index contributed by atoms with van der Waals surface area (Å²) in [6.45, 7) is 9.73. The molecular weight excluding hydrogens is 396 g/mol. The number of hydrogen-bond acceptors (Lipinski definition) is 5. The standard InChI is InChI=1S/C27H42N4O/c1-5-29(4)27(23-12-7-6-8-13-23)16-14-26(15-17-27)21-30(20-25(2,3)19-28)24(32)31(26)18-22-10-9-11-22/h6-8,12-13,22,24,32H,5,9-11,14-18,20-21H2,1-4H3. The Morgan fingerprint density at radius 3 is 2.34 bits per heavy atom. The Balaban J connectivity index is 1.60. The number of nitriles is 1. The Labute approximate surface area is 195 Å². The van der Waals surface area contributed by atoms with Gasteiger partial charge in [0, 0.05) is 30.7 Å². The molecule has 0 radical (unpaired) electrons. The van der Waals surface area contributed by atoms with Crippen molar-refractivity contribution < 1.29 is 5.11 Å². The lowest BCUT2D eigenvalue weighted by Crippen LogP contribution is -2.57. The molecule has 5 heteroatoms. The molecule has 0 aromatic heterocycles. The maximum Gasteiger partial charge on any atom is 0.166 e. The highest BCUT2D eigenvalue weighted by atomic mass is 16.3. The molecule has 1 heterocycles.